The summed E-state index contributed by atoms with van der Waals surface area (Å²) in [7, 11) is 1.41. The molecule has 2 rings (SSSR count). The minimum Gasteiger partial charge on any atom is -0.312 e. The van der Waals surface area contributed by atoms with Gasteiger partial charge in [-0.2, -0.15) is 4.39 Å². The van der Waals surface area contributed by atoms with E-state index >= 15 is 0 Å². The summed E-state index contributed by atoms with van der Waals surface area (Å²) in [6.07, 6.45) is -0.0233. The van der Waals surface area contributed by atoms with Crippen LogP contribution in [-0.4, -0.2) is 31.5 Å². The van der Waals surface area contributed by atoms with Crippen LogP contribution >= 0.6 is 10.7 Å². The lowest BCUT2D eigenvalue weighted by Crippen LogP contribution is -2.25. The molecule has 0 N–H and O–H groups in total. The fourth-order valence-corrected chi connectivity index (χ4v) is 3.56. The van der Waals surface area contributed by atoms with Crippen molar-refractivity contribution in [3.05, 3.63) is 34.1 Å². The van der Waals surface area contributed by atoms with E-state index in [2.05, 4.69) is 0 Å². The van der Waals surface area contributed by atoms with E-state index in [4.69, 9.17) is 10.7 Å². The molecule has 1 aromatic rings. The number of benzene rings is 1. The molecule has 1 heterocycles. The van der Waals surface area contributed by atoms with Gasteiger partial charge in [-0.25, -0.2) is 8.42 Å². The zero-order valence-corrected chi connectivity index (χ0v) is 12.1. The number of rotatable bonds is 4. The lowest BCUT2D eigenvalue weighted by Gasteiger charge is -2.16. The van der Waals surface area contributed by atoms with Gasteiger partial charge in [-0.3, -0.25) is 14.9 Å². The molecule has 1 saturated heterocycles. The van der Waals surface area contributed by atoms with E-state index in [0.29, 0.717) is 0 Å². The lowest BCUT2D eigenvalue weighted by atomic mass is 10.1. The molecule has 10 heteroatoms. The SMILES string of the molecule is O=C1CC(CS(=O)(=O)Cl)CN1c1ccc([N+](=O)[O-])c(F)c1. The van der Waals surface area contributed by atoms with Crippen LogP contribution in [0.1, 0.15) is 6.42 Å². The Balaban J connectivity index is 2.21. The van der Waals surface area contributed by atoms with Crippen LogP contribution in [-0.2, 0) is 13.8 Å². The van der Waals surface area contributed by atoms with Crippen molar-refractivity contribution < 1.29 is 22.5 Å². The van der Waals surface area contributed by atoms with Gasteiger partial charge in [0.1, 0.15) is 0 Å². The van der Waals surface area contributed by atoms with Crippen molar-refractivity contribution >= 4 is 37.0 Å². The van der Waals surface area contributed by atoms with Crippen LogP contribution in [0.3, 0.4) is 0 Å². The van der Waals surface area contributed by atoms with Crippen molar-refractivity contribution in [2.24, 2.45) is 5.92 Å². The lowest BCUT2D eigenvalue weighted by molar-refractivity contribution is -0.387. The van der Waals surface area contributed by atoms with E-state index in [1.54, 1.807) is 0 Å². The topological polar surface area (TPSA) is 97.6 Å². The average Bonchev–Trinajstić information content (AvgIpc) is 2.66. The first kappa shape index (κ1) is 15.6. The number of carbonyl (C=O) groups is 1. The molecule has 0 saturated carbocycles. The van der Waals surface area contributed by atoms with Gasteiger partial charge in [0.15, 0.2) is 0 Å². The number of halogens is 2. The van der Waals surface area contributed by atoms with Crippen LogP contribution in [0.5, 0.6) is 0 Å². The first-order chi connectivity index (χ1) is 9.67. The standard InChI is InChI=1S/C11H10ClFN2O5S/c12-21(19,20)6-7-3-11(16)14(5-7)8-1-2-10(15(17)18)9(13)4-8/h1-2,4,7H,3,5-6H2. The van der Waals surface area contributed by atoms with Gasteiger partial charge in [0.05, 0.1) is 10.7 Å². The van der Waals surface area contributed by atoms with Gasteiger partial charge in [0.25, 0.3) is 0 Å². The van der Waals surface area contributed by atoms with E-state index in [1.165, 1.54) is 11.0 Å². The summed E-state index contributed by atoms with van der Waals surface area (Å²) < 4.78 is 35.6. The Hall–Kier alpha value is -1.74. The normalized spacial score (nSPS) is 19.0. The highest BCUT2D eigenvalue weighted by Gasteiger charge is 2.33. The highest BCUT2D eigenvalue weighted by atomic mass is 35.7. The molecule has 1 aliphatic rings. The molecule has 0 spiro atoms. The Morgan fingerprint density at radius 3 is 2.67 bits per heavy atom. The van der Waals surface area contributed by atoms with E-state index < -0.39 is 31.4 Å². The molecule has 21 heavy (non-hydrogen) atoms. The minimum atomic E-state index is -3.73. The van der Waals surface area contributed by atoms with Gasteiger partial charge in [0.2, 0.25) is 20.8 Å². The van der Waals surface area contributed by atoms with Crippen molar-refractivity contribution in [2.45, 2.75) is 6.42 Å². The predicted molar refractivity (Wildman–Crippen MR) is 73.2 cm³/mol. The Morgan fingerprint density at radius 2 is 2.14 bits per heavy atom. The van der Waals surface area contributed by atoms with Gasteiger partial charge in [0, 0.05) is 47.4 Å². The summed E-state index contributed by atoms with van der Waals surface area (Å²) in [5.41, 5.74) is -0.539. The largest absolute Gasteiger partial charge is 0.312 e. The van der Waals surface area contributed by atoms with Crippen LogP contribution < -0.4 is 4.90 Å². The maximum absolute atomic E-state index is 13.6. The number of hydrogen-bond donors (Lipinski definition) is 0. The Kier molecular flexibility index (Phi) is 4.15. The molecule has 0 aliphatic carbocycles. The second-order valence-corrected chi connectivity index (χ2v) is 7.49. The second-order valence-electron chi connectivity index (χ2n) is 4.67. The Bertz CT molecular complexity index is 709. The third-order valence-electron chi connectivity index (χ3n) is 3.08. The molecule has 1 unspecified atom stereocenters. The minimum absolute atomic E-state index is 0.0233. The van der Waals surface area contributed by atoms with Crippen LogP contribution in [0.15, 0.2) is 18.2 Å². The van der Waals surface area contributed by atoms with Crippen LogP contribution in [0.25, 0.3) is 0 Å². The molecule has 1 aliphatic heterocycles. The van der Waals surface area contributed by atoms with Crippen molar-refractivity contribution in [1.82, 2.24) is 0 Å². The van der Waals surface area contributed by atoms with E-state index in [9.17, 15) is 27.7 Å². The van der Waals surface area contributed by atoms with Gasteiger partial charge in [-0.1, -0.05) is 0 Å². The molecule has 0 bridgehead atoms. The number of nitro benzene ring substituents is 1. The van der Waals surface area contributed by atoms with Crippen molar-refractivity contribution in [2.75, 3.05) is 17.2 Å². The second kappa shape index (κ2) is 5.57. The molecule has 7 nitrogen and oxygen atoms in total. The fraction of sp³-hybridized carbons (Fsp3) is 0.364. The summed E-state index contributed by atoms with van der Waals surface area (Å²) >= 11 is 0. The molecule has 1 amide bonds. The number of nitro groups is 1. The average molecular weight is 337 g/mol. The fourth-order valence-electron chi connectivity index (χ4n) is 2.24. The molecular weight excluding hydrogens is 327 g/mol. The number of anilines is 1. The zero-order valence-electron chi connectivity index (χ0n) is 10.5. The molecule has 0 aromatic heterocycles. The quantitative estimate of drug-likeness (QED) is 0.473. The predicted octanol–water partition coefficient (Wildman–Crippen LogP) is 1.66. The summed E-state index contributed by atoms with van der Waals surface area (Å²) in [6.45, 7) is 0.0715. The first-order valence-electron chi connectivity index (χ1n) is 5.84. The third-order valence-corrected chi connectivity index (χ3v) is 4.33. The maximum Gasteiger partial charge on any atom is 0.304 e. The number of carbonyl (C=O) groups excluding carboxylic acids is 1. The van der Waals surface area contributed by atoms with E-state index in [0.717, 1.165) is 12.1 Å². The highest BCUT2D eigenvalue weighted by Crippen LogP contribution is 2.29. The smallest absolute Gasteiger partial charge is 0.304 e. The molecule has 0 radical (unpaired) electrons. The Labute approximate surface area is 123 Å². The molecule has 1 atom stereocenters. The first-order valence-corrected chi connectivity index (χ1v) is 8.32. The molecule has 1 aromatic carbocycles. The summed E-state index contributed by atoms with van der Waals surface area (Å²) in [5, 5.41) is 10.5. The summed E-state index contributed by atoms with van der Waals surface area (Å²) in [6, 6.07) is 3.09. The number of hydrogen-bond acceptors (Lipinski definition) is 5. The highest BCUT2D eigenvalue weighted by molar-refractivity contribution is 8.13. The Morgan fingerprint density at radius 1 is 1.48 bits per heavy atom. The van der Waals surface area contributed by atoms with Gasteiger partial charge >= 0.3 is 5.69 Å². The molecular formula is C11H10ClFN2O5S. The van der Waals surface area contributed by atoms with Crippen molar-refractivity contribution in [3.8, 4) is 0 Å². The van der Waals surface area contributed by atoms with Gasteiger partial charge in [-0.05, 0) is 6.07 Å². The monoisotopic (exact) mass is 336 g/mol. The van der Waals surface area contributed by atoms with Crippen LogP contribution in [0.2, 0.25) is 0 Å². The molecule has 114 valence electrons. The summed E-state index contributed by atoms with van der Waals surface area (Å²) in [5.74, 6) is -2.28. The van der Waals surface area contributed by atoms with Gasteiger partial charge < -0.3 is 4.90 Å². The number of nitrogens with zero attached hydrogens (tertiary/aromatic N) is 2. The van der Waals surface area contributed by atoms with Gasteiger partial charge in [-0.15, -0.1) is 0 Å². The van der Waals surface area contributed by atoms with Crippen LogP contribution in [0, 0.1) is 21.8 Å². The summed E-state index contributed by atoms with van der Waals surface area (Å²) in [4.78, 5) is 22.7. The van der Waals surface area contributed by atoms with E-state index in [-0.39, 0.29) is 30.3 Å². The van der Waals surface area contributed by atoms with E-state index in [1.807, 2.05) is 0 Å². The zero-order chi connectivity index (χ0) is 15.8. The van der Waals surface area contributed by atoms with Crippen LogP contribution in [0.4, 0.5) is 15.8 Å². The van der Waals surface area contributed by atoms with Crippen molar-refractivity contribution in [3.63, 3.8) is 0 Å². The maximum atomic E-state index is 13.6. The molecule has 1 fully saturated rings. The van der Waals surface area contributed by atoms with Crippen molar-refractivity contribution in [1.29, 1.82) is 0 Å². The number of amides is 1. The third kappa shape index (κ3) is 3.67.